The van der Waals surface area contributed by atoms with Gasteiger partial charge in [-0.05, 0) is 33.2 Å². The van der Waals surface area contributed by atoms with Crippen LogP contribution in [0.4, 0.5) is 0 Å². The quantitative estimate of drug-likeness (QED) is 0.481. The summed E-state index contributed by atoms with van der Waals surface area (Å²) in [6.45, 7) is 6.76. The minimum absolute atomic E-state index is 0.797. The molecule has 0 heterocycles. The number of hydrogen-bond acceptors (Lipinski definition) is 2. The van der Waals surface area contributed by atoms with Crippen LogP contribution in [0.1, 0.15) is 13.8 Å². The summed E-state index contributed by atoms with van der Waals surface area (Å²) in [5, 5.41) is 0. The standard InChI is InChI=1S/C8H21ClN2Si/c1-5-11(6-2)12(8-7-9)10(3)4/h12H,5-8H2,1-4H3. The molecule has 2 nitrogen and oxygen atoms in total. The van der Waals surface area contributed by atoms with Crippen molar-refractivity contribution in [1.82, 2.24) is 9.13 Å². The van der Waals surface area contributed by atoms with E-state index in [4.69, 9.17) is 11.6 Å². The molecule has 1 unspecified atom stereocenters. The molecule has 0 aromatic carbocycles. The monoisotopic (exact) mass is 208 g/mol. The number of halogens is 1. The van der Waals surface area contributed by atoms with Gasteiger partial charge in [0.1, 0.15) is 0 Å². The topological polar surface area (TPSA) is 6.48 Å². The summed E-state index contributed by atoms with van der Waals surface area (Å²) in [5.74, 6) is 0.797. The molecule has 0 radical (unpaired) electrons. The van der Waals surface area contributed by atoms with Crippen molar-refractivity contribution in [2.45, 2.75) is 19.9 Å². The smallest absolute Gasteiger partial charge is 0.190 e. The van der Waals surface area contributed by atoms with E-state index in [1.807, 2.05) is 0 Å². The fraction of sp³-hybridized carbons (Fsp3) is 1.00. The maximum absolute atomic E-state index is 5.78. The van der Waals surface area contributed by atoms with E-state index < -0.39 is 9.12 Å². The molecule has 0 spiro atoms. The van der Waals surface area contributed by atoms with E-state index in [0.717, 1.165) is 19.0 Å². The summed E-state index contributed by atoms with van der Waals surface area (Å²) < 4.78 is 4.93. The molecule has 0 aliphatic carbocycles. The van der Waals surface area contributed by atoms with Crippen molar-refractivity contribution >= 4 is 20.7 Å². The van der Waals surface area contributed by atoms with Crippen LogP contribution in [0.5, 0.6) is 0 Å². The molecule has 74 valence electrons. The minimum Gasteiger partial charge on any atom is -0.320 e. The molecule has 4 heteroatoms. The molecule has 0 aromatic rings. The van der Waals surface area contributed by atoms with Crippen molar-refractivity contribution in [1.29, 1.82) is 0 Å². The van der Waals surface area contributed by atoms with Crippen molar-refractivity contribution in [3.05, 3.63) is 0 Å². The molecule has 0 aliphatic heterocycles. The predicted molar refractivity (Wildman–Crippen MR) is 59.3 cm³/mol. The number of alkyl halides is 1. The van der Waals surface area contributed by atoms with Gasteiger partial charge in [-0.15, -0.1) is 11.6 Å². The highest BCUT2D eigenvalue weighted by Gasteiger charge is 2.19. The second kappa shape index (κ2) is 6.89. The Labute approximate surface area is 83.3 Å². The van der Waals surface area contributed by atoms with Gasteiger partial charge < -0.3 is 9.13 Å². The van der Waals surface area contributed by atoms with Gasteiger partial charge in [-0.25, -0.2) is 0 Å². The summed E-state index contributed by atoms with van der Waals surface area (Å²) in [6.07, 6.45) is 0. The van der Waals surface area contributed by atoms with Gasteiger partial charge in [0, 0.05) is 5.88 Å². The highest BCUT2D eigenvalue weighted by molar-refractivity contribution is 6.53. The first-order chi connectivity index (χ1) is 5.67. The Morgan fingerprint density at radius 2 is 1.67 bits per heavy atom. The second-order valence-electron chi connectivity index (χ2n) is 3.14. The molecule has 0 fully saturated rings. The second-order valence-corrected chi connectivity index (χ2v) is 6.82. The van der Waals surface area contributed by atoms with Crippen molar-refractivity contribution in [3.63, 3.8) is 0 Å². The highest BCUT2D eigenvalue weighted by atomic mass is 35.5. The zero-order valence-electron chi connectivity index (χ0n) is 8.68. The minimum atomic E-state index is -0.887. The molecule has 0 N–H and O–H groups in total. The Bertz CT molecular complexity index is 107. The first-order valence-electron chi connectivity index (χ1n) is 4.63. The van der Waals surface area contributed by atoms with Crippen LogP contribution in [0, 0.1) is 0 Å². The Morgan fingerprint density at radius 1 is 1.17 bits per heavy atom. The summed E-state index contributed by atoms with van der Waals surface area (Å²) in [4.78, 5) is 0. The van der Waals surface area contributed by atoms with Crippen molar-refractivity contribution in [2.24, 2.45) is 0 Å². The first kappa shape index (κ1) is 12.4. The Morgan fingerprint density at radius 3 is 1.92 bits per heavy atom. The Balaban J connectivity index is 4.05. The zero-order valence-corrected chi connectivity index (χ0v) is 10.6. The van der Waals surface area contributed by atoms with Gasteiger partial charge in [-0.3, -0.25) is 0 Å². The summed E-state index contributed by atoms with van der Waals surface area (Å²) in [7, 11) is 3.45. The Kier molecular flexibility index (Phi) is 7.14. The third-order valence-electron chi connectivity index (χ3n) is 2.20. The van der Waals surface area contributed by atoms with Crippen LogP contribution in [0.3, 0.4) is 0 Å². The van der Waals surface area contributed by atoms with E-state index in [0.29, 0.717) is 0 Å². The number of hydrogen-bond donors (Lipinski definition) is 0. The van der Waals surface area contributed by atoms with Crippen LogP contribution >= 0.6 is 11.6 Å². The summed E-state index contributed by atoms with van der Waals surface area (Å²) in [6, 6.07) is 1.18. The first-order valence-corrected chi connectivity index (χ1v) is 7.02. The average molecular weight is 209 g/mol. The van der Waals surface area contributed by atoms with Gasteiger partial charge in [-0.2, -0.15) is 0 Å². The van der Waals surface area contributed by atoms with Crippen LogP contribution in [0.25, 0.3) is 0 Å². The molecule has 0 bridgehead atoms. The lowest BCUT2D eigenvalue weighted by atomic mass is 10.7. The van der Waals surface area contributed by atoms with E-state index >= 15 is 0 Å². The maximum Gasteiger partial charge on any atom is 0.190 e. The van der Waals surface area contributed by atoms with E-state index in [9.17, 15) is 0 Å². The fourth-order valence-electron chi connectivity index (χ4n) is 1.51. The fourth-order valence-corrected chi connectivity index (χ4v) is 4.67. The zero-order chi connectivity index (χ0) is 9.56. The van der Waals surface area contributed by atoms with Crippen LogP contribution < -0.4 is 0 Å². The largest absolute Gasteiger partial charge is 0.320 e. The molecule has 0 aliphatic rings. The lowest BCUT2D eigenvalue weighted by Crippen LogP contribution is -2.49. The van der Waals surface area contributed by atoms with Gasteiger partial charge in [-0.1, -0.05) is 13.8 Å². The van der Waals surface area contributed by atoms with Crippen molar-refractivity contribution < 1.29 is 0 Å². The van der Waals surface area contributed by atoms with Gasteiger partial charge in [0.2, 0.25) is 0 Å². The predicted octanol–water partition coefficient (Wildman–Crippen LogP) is 1.35. The van der Waals surface area contributed by atoms with E-state index in [1.54, 1.807) is 0 Å². The van der Waals surface area contributed by atoms with Crippen LogP contribution in [0.2, 0.25) is 6.04 Å². The number of rotatable bonds is 6. The maximum atomic E-state index is 5.78. The molecule has 0 saturated heterocycles. The van der Waals surface area contributed by atoms with Gasteiger partial charge in [0.15, 0.2) is 9.12 Å². The molecular formula is C8H21ClN2Si. The molecule has 1 atom stereocenters. The Hall–Kier alpha value is 0.427. The van der Waals surface area contributed by atoms with Crippen molar-refractivity contribution in [3.8, 4) is 0 Å². The van der Waals surface area contributed by atoms with Gasteiger partial charge in [0.25, 0.3) is 0 Å². The van der Waals surface area contributed by atoms with Crippen LogP contribution in [-0.4, -0.2) is 51.3 Å². The molecule has 12 heavy (non-hydrogen) atoms. The summed E-state index contributed by atoms with van der Waals surface area (Å²) >= 11 is 5.78. The van der Waals surface area contributed by atoms with Crippen LogP contribution in [0.15, 0.2) is 0 Å². The van der Waals surface area contributed by atoms with Gasteiger partial charge in [0.05, 0.1) is 0 Å². The van der Waals surface area contributed by atoms with Crippen LogP contribution in [-0.2, 0) is 0 Å². The van der Waals surface area contributed by atoms with E-state index in [-0.39, 0.29) is 0 Å². The molecule has 0 rings (SSSR count). The third kappa shape index (κ3) is 3.89. The summed E-state index contributed by atoms with van der Waals surface area (Å²) in [5.41, 5.74) is 0. The number of nitrogens with zero attached hydrogens (tertiary/aromatic N) is 2. The van der Waals surface area contributed by atoms with Gasteiger partial charge >= 0.3 is 0 Å². The third-order valence-corrected chi connectivity index (χ3v) is 6.35. The average Bonchev–Trinajstić information content (AvgIpc) is 2.05. The van der Waals surface area contributed by atoms with E-state index in [2.05, 4.69) is 37.1 Å². The SMILES string of the molecule is CCN(CC)[SiH](CCCl)N(C)C. The van der Waals surface area contributed by atoms with E-state index in [1.165, 1.54) is 6.04 Å². The van der Waals surface area contributed by atoms with Crippen molar-refractivity contribution in [2.75, 3.05) is 33.1 Å². The molecule has 0 amide bonds. The lowest BCUT2D eigenvalue weighted by molar-refractivity contribution is 0.424. The lowest BCUT2D eigenvalue weighted by Gasteiger charge is -2.32. The normalized spacial score (nSPS) is 14.2. The molecule has 0 saturated carbocycles. The molecular weight excluding hydrogens is 188 g/mol. The molecule has 0 aromatic heterocycles. The highest BCUT2D eigenvalue weighted by Crippen LogP contribution is 2.04.